The lowest BCUT2D eigenvalue weighted by Gasteiger charge is -2.39. The number of aliphatic hydroxyl groups excluding tert-OH is 4. The summed E-state index contributed by atoms with van der Waals surface area (Å²) in [5.74, 6) is 0. The van der Waals surface area contributed by atoms with Gasteiger partial charge in [0.25, 0.3) is 0 Å². The van der Waals surface area contributed by atoms with Crippen LogP contribution in [0.2, 0.25) is 13.1 Å². The molecule has 6 unspecified atom stereocenters. The first-order valence-corrected chi connectivity index (χ1v) is 29.9. The van der Waals surface area contributed by atoms with Crippen LogP contribution in [0.4, 0.5) is 0 Å². The lowest BCUT2D eigenvalue weighted by Crippen LogP contribution is -2.56. The van der Waals surface area contributed by atoms with Gasteiger partial charge in [-0.25, -0.2) is 4.68 Å². The molecule has 1 fully saturated rings. The number of hydrogen-bond acceptors (Lipinski definition) is 11. The summed E-state index contributed by atoms with van der Waals surface area (Å²) in [5, 5.41) is 48.5. The van der Waals surface area contributed by atoms with Crippen molar-refractivity contribution in [2.45, 2.75) is 250 Å². The summed E-state index contributed by atoms with van der Waals surface area (Å²) >= 11 is 0. The molecular weight excluding hydrogens is 861 g/mol. The standard InChI is InChI=1S/C54H100N4O8Si/c1-6-8-10-12-14-16-18-20-22-24-26-28-30-32-35-39-43-63-50(41-37-33-31-29-27-25-23-21-19-17-15-13-11-9-7-2)66-67(4,5)64-44-40-36-34-38-42-57(3)45-48-46-58(56-55-48)54-53(62)52(61)51(60)49(47-59)65-54/h14-17,20-23,46,49-54,59-62H,6-13,18-19,24-45,47H2,1-5H3/b16-14-,17-15-,22-20-,23-21-. The van der Waals surface area contributed by atoms with Crippen LogP contribution in [-0.4, -0.2) is 113 Å². The van der Waals surface area contributed by atoms with Gasteiger partial charge in [-0.2, -0.15) is 0 Å². The zero-order chi connectivity index (χ0) is 48.6. The quantitative estimate of drug-likeness (QED) is 0.0214. The molecule has 6 atom stereocenters. The topological polar surface area (TPSA) is 152 Å². The van der Waals surface area contributed by atoms with Crippen molar-refractivity contribution in [1.29, 1.82) is 0 Å². The summed E-state index contributed by atoms with van der Waals surface area (Å²) in [5.41, 5.74) is 0.694. The van der Waals surface area contributed by atoms with Gasteiger partial charge in [0.1, 0.15) is 30.7 Å². The van der Waals surface area contributed by atoms with Gasteiger partial charge in [-0.1, -0.05) is 151 Å². The molecular formula is C54H100N4O8Si. The summed E-state index contributed by atoms with van der Waals surface area (Å²) in [7, 11) is -0.345. The fraction of sp³-hybridized carbons (Fsp3) is 0.815. The first-order valence-electron chi connectivity index (χ1n) is 27.0. The normalized spacial score (nSPS) is 20.0. The molecule has 0 aliphatic carbocycles. The molecule has 2 rings (SSSR count). The van der Waals surface area contributed by atoms with Crippen LogP contribution in [0.3, 0.4) is 0 Å². The smallest absolute Gasteiger partial charge is 0.333 e. The van der Waals surface area contributed by atoms with E-state index >= 15 is 0 Å². The molecule has 1 aliphatic heterocycles. The van der Waals surface area contributed by atoms with Gasteiger partial charge in [-0.05, 0) is 123 Å². The molecule has 1 aromatic heterocycles. The third kappa shape index (κ3) is 31.0. The molecule has 0 bridgehead atoms. The van der Waals surface area contributed by atoms with E-state index < -0.39 is 45.8 Å². The minimum absolute atomic E-state index is 0.202. The molecule has 4 N–H and O–H groups in total. The van der Waals surface area contributed by atoms with Gasteiger partial charge < -0.3 is 43.7 Å². The van der Waals surface area contributed by atoms with Crippen molar-refractivity contribution in [1.82, 2.24) is 19.9 Å². The average molecular weight is 961 g/mol. The molecule has 13 heteroatoms. The Morgan fingerprint density at radius 1 is 0.657 bits per heavy atom. The fourth-order valence-corrected chi connectivity index (χ4v) is 9.80. The first-order chi connectivity index (χ1) is 32.6. The van der Waals surface area contributed by atoms with Crippen LogP contribution in [0.1, 0.15) is 206 Å². The number of nitrogens with zero attached hydrogens (tertiary/aromatic N) is 4. The zero-order valence-corrected chi connectivity index (χ0v) is 44.2. The SMILES string of the molecule is CCCCC/C=C\C/C=C\CCCCCCCCOC(CCCCCCC/C=C\C/C=C\CCCCC)O[Si](C)(C)OCCCCCCN(C)Cc1cn(C2OC(CO)C(O)C(O)C2O)nn1. The van der Waals surface area contributed by atoms with Crippen LogP contribution in [0.25, 0.3) is 0 Å². The van der Waals surface area contributed by atoms with Gasteiger partial charge in [-0.3, -0.25) is 0 Å². The highest BCUT2D eigenvalue weighted by molar-refractivity contribution is 6.64. The van der Waals surface area contributed by atoms with Gasteiger partial charge >= 0.3 is 8.56 Å². The molecule has 0 saturated carbocycles. The van der Waals surface area contributed by atoms with E-state index in [0.29, 0.717) is 18.8 Å². The molecule has 2 heterocycles. The van der Waals surface area contributed by atoms with E-state index in [2.05, 4.69) is 90.8 Å². The third-order valence-corrected chi connectivity index (χ3v) is 14.2. The monoisotopic (exact) mass is 961 g/mol. The van der Waals surface area contributed by atoms with Gasteiger partial charge in [0.05, 0.1) is 18.5 Å². The van der Waals surface area contributed by atoms with Gasteiger partial charge in [0.2, 0.25) is 0 Å². The average Bonchev–Trinajstić information content (AvgIpc) is 3.77. The Kier molecular flexibility index (Phi) is 37.1. The predicted molar refractivity (Wildman–Crippen MR) is 277 cm³/mol. The Morgan fingerprint density at radius 3 is 1.73 bits per heavy atom. The van der Waals surface area contributed by atoms with E-state index in [1.807, 2.05) is 7.05 Å². The highest BCUT2D eigenvalue weighted by Crippen LogP contribution is 2.28. The molecule has 1 aliphatic rings. The third-order valence-electron chi connectivity index (χ3n) is 12.5. The Hall–Kier alpha value is -2.04. The summed E-state index contributed by atoms with van der Waals surface area (Å²) in [6.07, 6.45) is 47.2. The summed E-state index contributed by atoms with van der Waals surface area (Å²) < 4.78 is 26.5. The van der Waals surface area contributed by atoms with E-state index in [0.717, 1.165) is 70.9 Å². The highest BCUT2D eigenvalue weighted by atomic mass is 28.4. The fourth-order valence-electron chi connectivity index (χ4n) is 8.28. The predicted octanol–water partition coefficient (Wildman–Crippen LogP) is 11.9. The van der Waals surface area contributed by atoms with Crippen molar-refractivity contribution < 1.29 is 38.8 Å². The lowest BCUT2D eigenvalue weighted by atomic mass is 9.98. The van der Waals surface area contributed by atoms with E-state index in [1.165, 1.54) is 127 Å². The van der Waals surface area contributed by atoms with Gasteiger partial charge in [-0.15, -0.1) is 5.10 Å². The molecule has 0 spiro atoms. The zero-order valence-electron chi connectivity index (χ0n) is 43.2. The van der Waals surface area contributed by atoms with E-state index in [4.69, 9.17) is 18.3 Å². The van der Waals surface area contributed by atoms with Crippen LogP contribution in [0.5, 0.6) is 0 Å². The second-order valence-electron chi connectivity index (χ2n) is 19.3. The van der Waals surface area contributed by atoms with Gasteiger partial charge in [0, 0.05) is 19.8 Å². The summed E-state index contributed by atoms with van der Waals surface area (Å²) in [6, 6.07) is 0. The van der Waals surface area contributed by atoms with E-state index in [-0.39, 0.29) is 6.29 Å². The molecule has 0 radical (unpaired) electrons. The summed E-state index contributed by atoms with van der Waals surface area (Å²) in [6.45, 7) is 11.2. The minimum atomic E-state index is -2.38. The molecule has 1 saturated heterocycles. The second kappa shape index (κ2) is 40.7. The van der Waals surface area contributed by atoms with Crippen LogP contribution in [0, 0.1) is 0 Å². The maximum atomic E-state index is 10.4. The molecule has 0 amide bonds. The molecule has 0 aromatic carbocycles. The molecule has 1 aromatic rings. The molecule has 388 valence electrons. The number of aliphatic hydroxyl groups is 4. The van der Waals surface area contributed by atoms with Crippen LogP contribution in [0.15, 0.2) is 54.8 Å². The summed E-state index contributed by atoms with van der Waals surface area (Å²) in [4.78, 5) is 2.17. The van der Waals surface area contributed by atoms with Gasteiger partial charge in [0.15, 0.2) is 6.23 Å². The minimum Gasteiger partial charge on any atom is -0.394 e. The van der Waals surface area contributed by atoms with Crippen molar-refractivity contribution in [3.8, 4) is 0 Å². The van der Waals surface area contributed by atoms with Crippen molar-refractivity contribution in [2.24, 2.45) is 0 Å². The Labute approximate surface area is 409 Å². The Balaban J connectivity index is 1.66. The lowest BCUT2D eigenvalue weighted by molar-refractivity contribution is -0.254. The number of ether oxygens (including phenoxy) is 2. The maximum Gasteiger partial charge on any atom is 0.333 e. The first kappa shape index (κ1) is 61.1. The molecule has 67 heavy (non-hydrogen) atoms. The Morgan fingerprint density at radius 2 is 1.16 bits per heavy atom. The van der Waals surface area contributed by atoms with E-state index in [9.17, 15) is 20.4 Å². The highest BCUT2D eigenvalue weighted by Gasteiger charge is 2.44. The number of hydrogen-bond donors (Lipinski definition) is 4. The van der Waals surface area contributed by atoms with Crippen molar-refractivity contribution in [3.63, 3.8) is 0 Å². The van der Waals surface area contributed by atoms with E-state index in [1.54, 1.807) is 6.20 Å². The van der Waals surface area contributed by atoms with Crippen molar-refractivity contribution >= 4 is 8.56 Å². The Bertz CT molecular complexity index is 1410. The number of aromatic nitrogens is 3. The maximum absolute atomic E-state index is 10.4. The number of rotatable bonds is 44. The van der Waals surface area contributed by atoms with Crippen molar-refractivity contribution in [3.05, 3.63) is 60.5 Å². The number of unbranched alkanes of at least 4 members (excludes halogenated alkanes) is 20. The van der Waals surface area contributed by atoms with Crippen molar-refractivity contribution in [2.75, 3.05) is 33.4 Å². The van der Waals surface area contributed by atoms with Crippen LogP contribution >= 0.6 is 0 Å². The van der Waals surface area contributed by atoms with Crippen LogP contribution in [-0.2, 0) is 24.9 Å². The van der Waals surface area contributed by atoms with Crippen LogP contribution < -0.4 is 0 Å². The number of allylic oxidation sites excluding steroid dienone is 8. The largest absolute Gasteiger partial charge is 0.394 e. The molecule has 12 nitrogen and oxygen atoms in total. The second-order valence-corrected chi connectivity index (χ2v) is 22.7.